The fourth-order valence-electron chi connectivity index (χ4n) is 5.53. The molecule has 2 aromatic rings. The van der Waals surface area contributed by atoms with Crippen molar-refractivity contribution < 1.29 is 43.9 Å². The normalized spacial score (nSPS) is 28.5. The van der Waals surface area contributed by atoms with Crippen molar-refractivity contribution >= 4 is 17.8 Å². The van der Waals surface area contributed by atoms with Crippen molar-refractivity contribution in [2.45, 2.75) is 89.3 Å². The molecule has 2 fully saturated rings. The molecule has 42 heavy (non-hydrogen) atoms. The highest BCUT2D eigenvalue weighted by Crippen LogP contribution is 2.33. The number of aliphatic hydroxyl groups excluding tert-OH is 3. The van der Waals surface area contributed by atoms with Gasteiger partial charge in [-0.25, -0.2) is 9.59 Å². The second-order valence-electron chi connectivity index (χ2n) is 11.5. The van der Waals surface area contributed by atoms with Crippen LogP contribution in [-0.4, -0.2) is 69.9 Å². The van der Waals surface area contributed by atoms with Crippen LogP contribution in [0.5, 0.6) is 0 Å². The Morgan fingerprint density at radius 3 is 2.05 bits per heavy atom. The average molecular weight is 584 g/mol. The lowest BCUT2D eigenvalue weighted by atomic mass is 9.76. The predicted octanol–water partition coefficient (Wildman–Crippen LogP) is 2.27. The monoisotopic (exact) mass is 583 g/mol. The molecule has 0 spiro atoms. The number of carbonyl (C=O) groups excluding carboxylic acids is 3. The molecule has 1 aliphatic heterocycles. The van der Waals surface area contributed by atoms with Gasteiger partial charge in [-0.05, 0) is 48.6 Å². The first-order chi connectivity index (χ1) is 20.1. The van der Waals surface area contributed by atoms with Crippen molar-refractivity contribution in [1.29, 1.82) is 0 Å². The maximum atomic E-state index is 13.4. The highest BCUT2D eigenvalue weighted by Gasteiger charge is 2.49. The van der Waals surface area contributed by atoms with E-state index in [1.54, 1.807) is 30.3 Å². The molecule has 4 rings (SSSR count). The Balaban J connectivity index is 1.43. The molecule has 4 N–H and O–H groups in total. The Morgan fingerprint density at radius 1 is 0.857 bits per heavy atom. The zero-order valence-electron chi connectivity index (χ0n) is 24.0. The molecule has 10 heteroatoms. The Labute approximate surface area is 246 Å². The van der Waals surface area contributed by atoms with E-state index in [2.05, 4.69) is 19.2 Å². The average Bonchev–Trinajstić information content (AvgIpc) is 3.00. The summed E-state index contributed by atoms with van der Waals surface area (Å²) in [5.74, 6) is -1.28. The maximum Gasteiger partial charge on any atom is 0.338 e. The second-order valence-corrected chi connectivity index (χ2v) is 11.5. The third-order valence-corrected chi connectivity index (χ3v) is 8.23. The van der Waals surface area contributed by atoms with Crippen molar-refractivity contribution in [3.05, 3.63) is 71.8 Å². The van der Waals surface area contributed by atoms with Crippen molar-refractivity contribution in [3.8, 4) is 0 Å². The lowest BCUT2D eigenvalue weighted by Gasteiger charge is -2.39. The zero-order chi connectivity index (χ0) is 30.2. The second kappa shape index (κ2) is 14.7. The van der Waals surface area contributed by atoms with Gasteiger partial charge >= 0.3 is 11.9 Å². The largest absolute Gasteiger partial charge is 0.459 e. The Hall–Kier alpha value is -3.31. The van der Waals surface area contributed by atoms with Crippen LogP contribution in [0.1, 0.15) is 50.7 Å². The Kier molecular flexibility index (Phi) is 11.1. The van der Waals surface area contributed by atoms with Gasteiger partial charge in [0, 0.05) is 12.3 Å². The van der Waals surface area contributed by atoms with E-state index < -0.39 is 48.7 Å². The van der Waals surface area contributed by atoms with E-state index in [0.29, 0.717) is 17.4 Å². The molecule has 0 bridgehead atoms. The van der Waals surface area contributed by atoms with Crippen molar-refractivity contribution in [2.75, 3.05) is 0 Å². The third-order valence-electron chi connectivity index (χ3n) is 8.23. The van der Waals surface area contributed by atoms with E-state index in [1.807, 2.05) is 30.3 Å². The van der Waals surface area contributed by atoms with Crippen LogP contribution in [-0.2, 0) is 41.6 Å². The minimum atomic E-state index is -1.86. The number of ether oxygens (including phenoxy) is 3. The highest BCUT2D eigenvalue weighted by molar-refractivity contribution is 5.86. The van der Waals surface area contributed by atoms with Crippen LogP contribution in [0.4, 0.5) is 0 Å². The summed E-state index contributed by atoms with van der Waals surface area (Å²) in [7, 11) is 0. The molecule has 6 atom stereocenters. The molecular weight excluding hydrogens is 542 g/mol. The van der Waals surface area contributed by atoms with E-state index in [9.17, 15) is 29.7 Å². The summed E-state index contributed by atoms with van der Waals surface area (Å²) in [5.41, 5.74) is 1.46. The smallest absolute Gasteiger partial charge is 0.338 e. The topological polar surface area (TPSA) is 152 Å². The molecule has 2 aromatic carbocycles. The molecule has 1 saturated heterocycles. The molecule has 2 aliphatic rings. The van der Waals surface area contributed by atoms with Crippen LogP contribution < -0.4 is 5.32 Å². The maximum absolute atomic E-state index is 13.4. The van der Waals surface area contributed by atoms with Crippen LogP contribution in [0.25, 0.3) is 0 Å². The van der Waals surface area contributed by atoms with Gasteiger partial charge in [0.15, 0.2) is 6.10 Å². The fraction of sp³-hybridized carbons (Fsp3) is 0.531. The summed E-state index contributed by atoms with van der Waals surface area (Å²) < 4.78 is 16.1. The number of rotatable bonds is 10. The van der Waals surface area contributed by atoms with Crippen LogP contribution in [0.2, 0.25) is 0 Å². The molecule has 228 valence electrons. The van der Waals surface area contributed by atoms with E-state index in [0.717, 1.165) is 31.2 Å². The molecule has 1 aliphatic carbocycles. The number of nitrogens with one attached hydrogen (secondary N) is 1. The first kappa shape index (κ1) is 31.6. The summed E-state index contributed by atoms with van der Waals surface area (Å²) in [5, 5.41) is 34.2. The number of hydrogen-bond acceptors (Lipinski definition) is 9. The minimum Gasteiger partial charge on any atom is -0.459 e. The summed E-state index contributed by atoms with van der Waals surface area (Å²) in [6.45, 7) is 4.25. The van der Waals surface area contributed by atoms with Gasteiger partial charge in [-0.1, -0.05) is 74.5 Å². The molecule has 0 radical (unpaired) electrons. The number of carbonyl (C=O) groups is 3. The quantitative estimate of drug-likeness (QED) is 0.309. The van der Waals surface area contributed by atoms with Gasteiger partial charge in [-0.2, -0.15) is 0 Å². The van der Waals surface area contributed by atoms with Crippen LogP contribution in [0, 0.1) is 17.8 Å². The van der Waals surface area contributed by atoms with E-state index >= 15 is 0 Å². The van der Waals surface area contributed by atoms with E-state index in [-0.39, 0.29) is 24.9 Å². The van der Waals surface area contributed by atoms with Gasteiger partial charge in [0.05, 0.1) is 0 Å². The molecule has 1 heterocycles. The lowest BCUT2D eigenvalue weighted by Crippen LogP contribution is -2.61. The summed E-state index contributed by atoms with van der Waals surface area (Å²) in [4.78, 5) is 39.4. The number of esters is 2. The molecule has 10 nitrogen and oxygen atoms in total. The molecule has 1 saturated carbocycles. The fourth-order valence-corrected chi connectivity index (χ4v) is 5.53. The van der Waals surface area contributed by atoms with E-state index in [1.165, 1.54) is 0 Å². The first-order valence-corrected chi connectivity index (χ1v) is 14.6. The van der Waals surface area contributed by atoms with Gasteiger partial charge in [0.25, 0.3) is 0 Å². The zero-order valence-corrected chi connectivity index (χ0v) is 24.0. The highest BCUT2D eigenvalue weighted by atomic mass is 16.7. The third kappa shape index (κ3) is 8.16. The van der Waals surface area contributed by atoms with Crippen LogP contribution in [0.3, 0.4) is 0 Å². The SMILES string of the molecule is CC(C)C1CCC(C(=O)N[C@H](Cc2ccccc2)C(=O)O[C@@H]2O[C@H](C(=O)OCc3ccccc3)[C@@H](O)[C@H](O)[C@H]2O)CC1. The van der Waals surface area contributed by atoms with Gasteiger partial charge in [-0.3, -0.25) is 4.79 Å². The van der Waals surface area contributed by atoms with Crippen molar-refractivity contribution in [2.24, 2.45) is 17.8 Å². The molecule has 0 unspecified atom stereocenters. The lowest BCUT2D eigenvalue weighted by molar-refractivity contribution is -0.288. The minimum absolute atomic E-state index is 0.111. The van der Waals surface area contributed by atoms with Crippen molar-refractivity contribution in [1.82, 2.24) is 5.32 Å². The number of benzene rings is 2. The van der Waals surface area contributed by atoms with Gasteiger partial charge in [0.1, 0.15) is 31.0 Å². The summed E-state index contributed by atoms with van der Waals surface area (Å²) >= 11 is 0. The summed E-state index contributed by atoms with van der Waals surface area (Å²) in [6, 6.07) is 16.8. The Bertz CT molecular complexity index is 1170. The van der Waals surface area contributed by atoms with E-state index in [4.69, 9.17) is 14.2 Å². The first-order valence-electron chi connectivity index (χ1n) is 14.6. The Morgan fingerprint density at radius 2 is 1.45 bits per heavy atom. The van der Waals surface area contributed by atoms with Crippen LogP contribution >= 0.6 is 0 Å². The molecule has 0 aromatic heterocycles. The number of hydrogen-bond donors (Lipinski definition) is 4. The predicted molar refractivity (Wildman–Crippen MR) is 151 cm³/mol. The van der Waals surface area contributed by atoms with Crippen molar-refractivity contribution in [3.63, 3.8) is 0 Å². The number of amides is 1. The van der Waals surface area contributed by atoms with Gasteiger partial charge in [0.2, 0.25) is 12.2 Å². The standard InChI is InChI=1S/C32H41NO9/c1-19(2)22-13-15-23(16-14-22)29(37)33-24(17-20-9-5-3-6-10-20)30(38)42-32-27(36)25(34)26(35)28(41-32)31(39)40-18-21-11-7-4-8-12-21/h3-12,19,22-28,32,34-36H,13-18H2,1-2H3,(H,33,37)/t22?,23?,24-,25+,26+,27-,28+,32+/m1/s1. The molecular formula is C32H41NO9. The summed E-state index contributed by atoms with van der Waals surface area (Å²) in [6.07, 6.45) is -5.59. The van der Waals surface area contributed by atoms with Crippen LogP contribution in [0.15, 0.2) is 60.7 Å². The van der Waals surface area contributed by atoms with Gasteiger partial charge < -0.3 is 34.8 Å². The van der Waals surface area contributed by atoms with Gasteiger partial charge in [-0.15, -0.1) is 0 Å². The number of aliphatic hydroxyl groups is 3. The molecule has 1 amide bonds.